The molecule has 0 spiro atoms. The third-order valence-electron chi connectivity index (χ3n) is 5.69. The van der Waals surface area contributed by atoms with Gasteiger partial charge in [-0.3, -0.25) is 19.3 Å². The first-order valence-corrected chi connectivity index (χ1v) is 13.1. The standard InChI is InChI=1S/C28H21Cl2N3O5S/c1-16-7-8-20(12-21(16)29)32-25(34)14-33-27(35)24(39-28(33)36)11-17-9-22(30)26(23(10-17)37-2)38-15-19-6-4-3-5-18(19)13-31/h3-12H,14-15H2,1-2H3,(H,32,34)/b24-11-. The van der Waals surface area contributed by atoms with Gasteiger partial charge >= 0.3 is 0 Å². The molecule has 1 heterocycles. The fourth-order valence-corrected chi connectivity index (χ4v) is 4.96. The van der Waals surface area contributed by atoms with Crippen molar-refractivity contribution in [3.63, 3.8) is 0 Å². The van der Waals surface area contributed by atoms with Crippen molar-refractivity contribution in [1.82, 2.24) is 4.90 Å². The number of amides is 3. The summed E-state index contributed by atoms with van der Waals surface area (Å²) in [4.78, 5) is 38.9. The molecule has 11 heteroatoms. The summed E-state index contributed by atoms with van der Waals surface area (Å²) in [6.45, 7) is 1.48. The molecule has 3 amide bonds. The van der Waals surface area contributed by atoms with E-state index in [-0.39, 0.29) is 22.3 Å². The van der Waals surface area contributed by atoms with Crippen molar-refractivity contribution in [3.05, 3.63) is 91.8 Å². The molecule has 1 aliphatic rings. The van der Waals surface area contributed by atoms with Crippen LogP contribution < -0.4 is 14.8 Å². The first kappa shape index (κ1) is 28.0. The van der Waals surface area contributed by atoms with Crippen LogP contribution in [0.25, 0.3) is 6.08 Å². The normalized spacial score (nSPS) is 13.9. The lowest BCUT2D eigenvalue weighted by molar-refractivity contribution is -0.127. The van der Waals surface area contributed by atoms with Crippen LogP contribution in [0, 0.1) is 18.3 Å². The molecule has 3 aromatic carbocycles. The van der Waals surface area contributed by atoms with Crippen molar-refractivity contribution in [3.8, 4) is 17.6 Å². The number of methoxy groups -OCH3 is 1. The van der Waals surface area contributed by atoms with E-state index in [0.29, 0.717) is 44.9 Å². The molecule has 0 atom stereocenters. The Morgan fingerprint density at radius 1 is 1.13 bits per heavy atom. The van der Waals surface area contributed by atoms with Crippen LogP contribution in [0.1, 0.15) is 22.3 Å². The predicted octanol–water partition coefficient (Wildman–Crippen LogP) is 6.44. The van der Waals surface area contributed by atoms with E-state index in [9.17, 15) is 19.6 Å². The Hall–Kier alpha value is -3.97. The topological polar surface area (TPSA) is 109 Å². The van der Waals surface area contributed by atoms with Gasteiger partial charge in [0.25, 0.3) is 11.1 Å². The first-order chi connectivity index (χ1) is 18.7. The quantitative estimate of drug-likeness (QED) is 0.305. The number of ether oxygens (including phenoxy) is 2. The van der Waals surface area contributed by atoms with Gasteiger partial charge in [-0.25, -0.2) is 0 Å². The van der Waals surface area contributed by atoms with Gasteiger partial charge in [-0.1, -0.05) is 47.5 Å². The summed E-state index contributed by atoms with van der Waals surface area (Å²) in [6, 6.07) is 17.3. The van der Waals surface area contributed by atoms with Crippen molar-refractivity contribution < 1.29 is 23.9 Å². The summed E-state index contributed by atoms with van der Waals surface area (Å²) in [5, 5.41) is 12.1. The SMILES string of the molecule is COc1cc(/C=C2\SC(=O)N(CC(=O)Nc3ccc(C)c(Cl)c3)C2=O)cc(Cl)c1OCc1ccccc1C#N. The zero-order valence-electron chi connectivity index (χ0n) is 20.8. The smallest absolute Gasteiger partial charge is 0.294 e. The summed E-state index contributed by atoms with van der Waals surface area (Å²) < 4.78 is 11.3. The fraction of sp³-hybridized carbons (Fsp3) is 0.143. The maximum Gasteiger partial charge on any atom is 0.294 e. The minimum atomic E-state index is -0.606. The van der Waals surface area contributed by atoms with Crippen LogP contribution in [0.2, 0.25) is 10.0 Å². The number of carbonyl (C=O) groups is 3. The van der Waals surface area contributed by atoms with E-state index in [2.05, 4.69) is 11.4 Å². The summed E-state index contributed by atoms with van der Waals surface area (Å²) in [5.74, 6) is -0.572. The van der Waals surface area contributed by atoms with Crippen LogP contribution in [-0.4, -0.2) is 35.6 Å². The van der Waals surface area contributed by atoms with E-state index in [1.807, 2.05) is 6.92 Å². The predicted molar refractivity (Wildman–Crippen MR) is 151 cm³/mol. The molecule has 1 N–H and O–H groups in total. The van der Waals surface area contributed by atoms with Gasteiger partial charge in [-0.15, -0.1) is 0 Å². The molecule has 0 aromatic heterocycles. The molecule has 1 saturated heterocycles. The summed E-state index contributed by atoms with van der Waals surface area (Å²) in [5.41, 5.74) is 2.97. The average molecular weight is 582 g/mol. The van der Waals surface area contributed by atoms with Crippen molar-refractivity contribution in [1.29, 1.82) is 5.26 Å². The maximum absolute atomic E-state index is 12.9. The summed E-state index contributed by atoms with van der Waals surface area (Å²) in [7, 11) is 1.44. The Balaban J connectivity index is 1.48. The van der Waals surface area contributed by atoms with E-state index in [4.69, 9.17) is 32.7 Å². The monoisotopic (exact) mass is 581 g/mol. The Morgan fingerprint density at radius 3 is 2.62 bits per heavy atom. The van der Waals surface area contributed by atoms with Gasteiger partial charge in [0.2, 0.25) is 5.91 Å². The van der Waals surface area contributed by atoms with Gasteiger partial charge < -0.3 is 14.8 Å². The van der Waals surface area contributed by atoms with Gasteiger partial charge in [0.15, 0.2) is 11.5 Å². The number of benzene rings is 3. The number of thioether (sulfide) groups is 1. The van der Waals surface area contributed by atoms with Gasteiger partial charge in [0, 0.05) is 16.3 Å². The number of nitrogens with zero attached hydrogens (tertiary/aromatic N) is 2. The lowest BCUT2D eigenvalue weighted by Gasteiger charge is -2.14. The third kappa shape index (κ3) is 6.55. The highest BCUT2D eigenvalue weighted by molar-refractivity contribution is 8.18. The molecule has 8 nitrogen and oxygen atoms in total. The molecule has 0 radical (unpaired) electrons. The number of imide groups is 1. The highest BCUT2D eigenvalue weighted by Crippen LogP contribution is 2.39. The van der Waals surface area contributed by atoms with Crippen LogP contribution in [-0.2, 0) is 16.2 Å². The second kappa shape index (κ2) is 12.3. The van der Waals surface area contributed by atoms with Crippen LogP contribution in [0.15, 0.2) is 59.5 Å². The molecule has 0 saturated carbocycles. The van der Waals surface area contributed by atoms with Crippen molar-refractivity contribution in [2.45, 2.75) is 13.5 Å². The van der Waals surface area contributed by atoms with E-state index in [0.717, 1.165) is 10.5 Å². The van der Waals surface area contributed by atoms with Crippen LogP contribution in [0.5, 0.6) is 11.5 Å². The van der Waals surface area contributed by atoms with E-state index in [1.165, 1.54) is 13.2 Å². The van der Waals surface area contributed by atoms with Crippen molar-refractivity contribution >= 4 is 63.8 Å². The zero-order chi connectivity index (χ0) is 28.1. The largest absolute Gasteiger partial charge is 0.493 e. The molecule has 0 bridgehead atoms. The van der Waals surface area contributed by atoms with Gasteiger partial charge in [0.05, 0.1) is 28.7 Å². The first-order valence-electron chi connectivity index (χ1n) is 11.5. The molecule has 0 aliphatic carbocycles. The Labute approximate surface area is 239 Å². The Morgan fingerprint density at radius 2 is 1.90 bits per heavy atom. The summed E-state index contributed by atoms with van der Waals surface area (Å²) >= 11 is 13.3. The second-order valence-electron chi connectivity index (χ2n) is 8.37. The Kier molecular flexibility index (Phi) is 8.82. The maximum atomic E-state index is 12.9. The van der Waals surface area contributed by atoms with Crippen LogP contribution in [0.3, 0.4) is 0 Å². The lowest BCUT2D eigenvalue weighted by Crippen LogP contribution is -2.36. The Bertz CT molecular complexity index is 1550. The molecule has 1 fully saturated rings. The molecule has 4 rings (SSSR count). The van der Waals surface area contributed by atoms with Crippen LogP contribution in [0.4, 0.5) is 10.5 Å². The number of hydrogen-bond acceptors (Lipinski definition) is 7. The summed E-state index contributed by atoms with van der Waals surface area (Å²) in [6.07, 6.45) is 1.49. The number of halogens is 2. The second-order valence-corrected chi connectivity index (χ2v) is 10.2. The number of rotatable bonds is 8. The molecule has 39 heavy (non-hydrogen) atoms. The third-order valence-corrected chi connectivity index (χ3v) is 7.29. The average Bonchev–Trinajstić information content (AvgIpc) is 3.17. The number of nitriles is 1. The molecule has 1 aliphatic heterocycles. The number of carbonyl (C=O) groups excluding carboxylic acids is 3. The van der Waals surface area contributed by atoms with E-state index in [1.54, 1.807) is 54.6 Å². The number of hydrogen-bond donors (Lipinski definition) is 1. The molecular weight excluding hydrogens is 561 g/mol. The number of nitrogens with one attached hydrogen (secondary N) is 1. The fourth-order valence-electron chi connectivity index (χ4n) is 3.67. The van der Waals surface area contributed by atoms with Gasteiger partial charge in [0.1, 0.15) is 13.2 Å². The zero-order valence-corrected chi connectivity index (χ0v) is 23.1. The van der Waals surface area contributed by atoms with Crippen LogP contribution >= 0.6 is 35.0 Å². The minimum absolute atomic E-state index is 0.0922. The molecule has 0 unspecified atom stereocenters. The van der Waals surface area contributed by atoms with Crippen molar-refractivity contribution in [2.24, 2.45) is 0 Å². The van der Waals surface area contributed by atoms with Gasteiger partial charge in [-0.05, 0) is 66.2 Å². The lowest BCUT2D eigenvalue weighted by atomic mass is 10.1. The number of aryl methyl sites for hydroxylation is 1. The highest BCUT2D eigenvalue weighted by Gasteiger charge is 2.36. The molecule has 3 aromatic rings. The van der Waals surface area contributed by atoms with E-state index < -0.39 is 23.6 Å². The number of anilines is 1. The van der Waals surface area contributed by atoms with Gasteiger partial charge in [-0.2, -0.15) is 5.26 Å². The van der Waals surface area contributed by atoms with Crippen molar-refractivity contribution in [2.75, 3.05) is 19.0 Å². The highest BCUT2D eigenvalue weighted by atomic mass is 35.5. The molecule has 198 valence electrons. The molecular formula is C28H21Cl2N3O5S. The van der Waals surface area contributed by atoms with E-state index >= 15 is 0 Å². The minimum Gasteiger partial charge on any atom is -0.493 e.